The maximum absolute atomic E-state index is 4.62. The normalized spacial score (nSPS) is 15.6. The van der Waals surface area contributed by atoms with Gasteiger partial charge in [0, 0.05) is 32.1 Å². The number of aromatic nitrogens is 3. The molecule has 2 rings (SSSR count). The summed E-state index contributed by atoms with van der Waals surface area (Å²) in [6.07, 6.45) is 8.98. The van der Waals surface area contributed by atoms with Crippen LogP contribution in [0.2, 0.25) is 0 Å². The Labute approximate surface area is 150 Å². The predicted molar refractivity (Wildman–Crippen MR) is 101 cm³/mol. The van der Waals surface area contributed by atoms with E-state index < -0.39 is 0 Å². The van der Waals surface area contributed by atoms with Gasteiger partial charge in [-0.3, -0.25) is 4.99 Å². The molecule has 1 aromatic heterocycles. The molecule has 0 saturated heterocycles. The summed E-state index contributed by atoms with van der Waals surface area (Å²) in [7, 11) is 0. The quantitative estimate of drug-likeness (QED) is 0.404. The Kier molecular flexibility index (Phi) is 9.42. The van der Waals surface area contributed by atoms with E-state index in [4.69, 9.17) is 0 Å². The van der Waals surface area contributed by atoms with Gasteiger partial charge in [-0.1, -0.05) is 26.7 Å². The SMILES string of the molecule is CCCN=C(NCCn1cnnc1CC)NC1CCCC1.I. The van der Waals surface area contributed by atoms with Crippen LogP contribution in [0.3, 0.4) is 0 Å². The van der Waals surface area contributed by atoms with E-state index in [1.54, 1.807) is 6.33 Å². The Bertz CT molecular complexity index is 439. The molecule has 1 aromatic rings. The summed E-state index contributed by atoms with van der Waals surface area (Å²) in [5.74, 6) is 1.99. The van der Waals surface area contributed by atoms with Crippen LogP contribution in [0, 0.1) is 0 Å². The first-order chi connectivity index (χ1) is 10.3. The van der Waals surface area contributed by atoms with Gasteiger partial charge in [-0.25, -0.2) is 0 Å². The smallest absolute Gasteiger partial charge is 0.191 e. The molecule has 126 valence electrons. The van der Waals surface area contributed by atoms with Crippen LogP contribution in [-0.4, -0.2) is 39.9 Å². The third kappa shape index (κ3) is 6.10. The molecular formula is C15H29IN6. The molecule has 0 bridgehead atoms. The van der Waals surface area contributed by atoms with Crippen molar-refractivity contribution in [3.63, 3.8) is 0 Å². The number of hydrogen-bond acceptors (Lipinski definition) is 3. The Morgan fingerprint density at radius 2 is 2.14 bits per heavy atom. The van der Waals surface area contributed by atoms with E-state index in [2.05, 4.69) is 44.2 Å². The highest BCUT2D eigenvalue weighted by Crippen LogP contribution is 2.17. The van der Waals surface area contributed by atoms with Crippen molar-refractivity contribution in [2.45, 2.75) is 65.0 Å². The molecule has 1 heterocycles. The zero-order chi connectivity index (χ0) is 14.9. The first kappa shape index (κ1) is 19.2. The van der Waals surface area contributed by atoms with Crippen molar-refractivity contribution in [3.05, 3.63) is 12.2 Å². The highest BCUT2D eigenvalue weighted by molar-refractivity contribution is 14.0. The van der Waals surface area contributed by atoms with Crippen molar-refractivity contribution in [1.82, 2.24) is 25.4 Å². The summed E-state index contributed by atoms with van der Waals surface area (Å²) in [6.45, 7) is 6.83. The maximum Gasteiger partial charge on any atom is 0.191 e. The molecule has 1 aliphatic rings. The molecule has 0 atom stereocenters. The number of halogens is 1. The van der Waals surface area contributed by atoms with Crippen molar-refractivity contribution >= 4 is 29.9 Å². The van der Waals surface area contributed by atoms with E-state index in [1.807, 2.05) is 0 Å². The fourth-order valence-corrected chi connectivity index (χ4v) is 2.67. The maximum atomic E-state index is 4.62. The van der Waals surface area contributed by atoms with Gasteiger partial charge < -0.3 is 15.2 Å². The molecule has 0 amide bonds. The zero-order valence-corrected chi connectivity index (χ0v) is 16.0. The van der Waals surface area contributed by atoms with Crippen molar-refractivity contribution in [1.29, 1.82) is 0 Å². The Morgan fingerprint density at radius 3 is 2.82 bits per heavy atom. The number of rotatable bonds is 7. The summed E-state index contributed by atoms with van der Waals surface area (Å²) < 4.78 is 2.10. The summed E-state index contributed by atoms with van der Waals surface area (Å²) >= 11 is 0. The first-order valence-corrected chi connectivity index (χ1v) is 8.25. The molecule has 7 heteroatoms. The Hall–Kier alpha value is -0.860. The lowest BCUT2D eigenvalue weighted by Gasteiger charge is -2.17. The van der Waals surface area contributed by atoms with Crippen molar-refractivity contribution < 1.29 is 0 Å². The number of guanidine groups is 1. The molecule has 1 saturated carbocycles. The Morgan fingerprint density at radius 1 is 1.36 bits per heavy atom. The highest BCUT2D eigenvalue weighted by atomic mass is 127. The molecule has 0 radical (unpaired) electrons. The van der Waals surface area contributed by atoms with Gasteiger partial charge in [0.25, 0.3) is 0 Å². The van der Waals surface area contributed by atoms with Gasteiger partial charge in [0.1, 0.15) is 12.2 Å². The number of nitrogens with one attached hydrogen (secondary N) is 2. The molecule has 2 N–H and O–H groups in total. The van der Waals surface area contributed by atoms with E-state index in [0.29, 0.717) is 6.04 Å². The number of hydrogen-bond donors (Lipinski definition) is 2. The summed E-state index contributed by atoms with van der Waals surface area (Å²) in [4.78, 5) is 4.62. The van der Waals surface area contributed by atoms with Gasteiger partial charge in [0.05, 0.1) is 0 Å². The van der Waals surface area contributed by atoms with E-state index >= 15 is 0 Å². The minimum Gasteiger partial charge on any atom is -0.355 e. The van der Waals surface area contributed by atoms with E-state index in [0.717, 1.165) is 44.3 Å². The van der Waals surface area contributed by atoms with Crippen LogP contribution >= 0.6 is 24.0 Å². The first-order valence-electron chi connectivity index (χ1n) is 8.25. The second-order valence-electron chi connectivity index (χ2n) is 5.58. The van der Waals surface area contributed by atoms with Gasteiger partial charge in [-0.2, -0.15) is 0 Å². The number of nitrogens with zero attached hydrogens (tertiary/aromatic N) is 4. The largest absolute Gasteiger partial charge is 0.355 e. The molecule has 22 heavy (non-hydrogen) atoms. The van der Waals surface area contributed by atoms with Crippen molar-refractivity contribution in [3.8, 4) is 0 Å². The third-order valence-electron chi connectivity index (χ3n) is 3.85. The Balaban J connectivity index is 0.00000242. The highest BCUT2D eigenvalue weighted by Gasteiger charge is 2.15. The average Bonchev–Trinajstić information content (AvgIpc) is 3.15. The zero-order valence-electron chi connectivity index (χ0n) is 13.7. The minimum atomic E-state index is 0. The van der Waals surface area contributed by atoms with E-state index in [9.17, 15) is 0 Å². The predicted octanol–water partition coefficient (Wildman–Crippen LogP) is 2.35. The van der Waals surface area contributed by atoms with Crippen molar-refractivity contribution in [2.24, 2.45) is 4.99 Å². The van der Waals surface area contributed by atoms with Gasteiger partial charge in [0.2, 0.25) is 0 Å². The van der Waals surface area contributed by atoms with Crippen LogP contribution in [0.25, 0.3) is 0 Å². The molecule has 1 aliphatic carbocycles. The fourth-order valence-electron chi connectivity index (χ4n) is 2.67. The average molecular weight is 420 g/mol. The summed E-state index contributed by atoms with van der Waals surface area (Å²) in [6, 6.07) is 0.592. The molecule has 0 spiro atoms. The van der Waals surface area contributed by atoms with Crippen LogP contribution in [0.1, 0.15) is 51.8 Å². The van der Waals surface area contributed by atoms with Gasteiger partial charge in [-0.05, 0) is 19.3 Å². The van der Waals surface area contributed by atoms with Crippen LogP contribution in [-0.2, 0) is 13.0 Å². The second kappa shape index (κ2) is 10.8. The molecule has 0 unspecified atom stereocenters. The summed E-state index contributed by atoms with van der Waals surface area (Å²) in [5, 5.41) is 15.1. The lowest BCUT2D eigenvalue weighted by atomic mass is 10.2. The van der Waals surface area contributed by atoms with Crippen LogP contribution in [0.5, 0.6) is 0 Å². The molecule has 1 fully saturated rings. The van der Waals surface area contributed by atoms with E-state index in [1.165, 1.54) is 25.7 Å². The monoisotopic (exact) mass is 420 g/mol. The molecule has 0 aliphatic heterocycles. The standard InChI is InChI=1S/C15H28N6.HI/c1-3-9-16-15(19-13-7-5-6-8-13)17-10-11-21-12-18-20-14(21)4-2;/h12-13H,3-11H2,1-2H3,(H2,16,17,19);1H. The fraction of sp³-hybridized carbons (Fsp3) is 0.800. The third-order valence-corrected chi connectivity index (χ3v) is 3.85. The van der Waals surface area contributed by atoms with Crippen LogP contribution in [0.4, 0.5) is 0 Å². The molecular weight excluding hydrogens is 391 g/mol. The molecule has 0 aromatic carbocycles. The van der Waals surface area contributed by atoms with Crippen LogP contribution < -0.4 is 10.6 Å². The van der Waals surface area contributed by atoms with Crippen LogP contribution in [0.15, 0.2) is 11.3 Å². The number of aliphatic imine (C=N–C) groups is 1. The second-order valence-corrected chi connectivity index (χ2v) is 5.58. The van der Waals surface area contributed by atoms with Gasteiger partial charge in [-0.15, -0.1) is 34.2 Å². The van der Waals surface area contributed by atoms with Gasteiger partial charge in [0.15, 0.2) is 5.96 Å². The van der Waals surface area contributed by atoms with E-state index in [-0.39, 0.29) is 24.0 Å². The van der Waals surface area contributed by atoms with Crippen molar-refractivity contribution in [2.75, 3.05) is 13.1 Å². The molecule has 6 nitrogen and oxygen atoms in total. The topological polar surface area (TPSA) is 67.1 Å². The number of aryl methyl sites for hydroxylation is 1. The minimum absolute atomic E-state index is 0. The summed E-state index contributed by atoms with van der Waals surface area (Å²) in [5.41, 5.74) is 0. The lowest BCUT2D eigenvalue weighted by Crippen LogP contribution is -2.43. The van der Waals surface area contributed by atoms with Gasteiger partial charge >= 0.3 is 0 Å². The lowest BCUT2D eigenvalue weighted by molar-refractivity contribution is 0.592.